The smallest absolute Gasteiger partial charge is 0.287 e. The quantitative estimate of drug-likeness (QED) is 0.810. The van der Waals surface area contributed by atoms with Gasteiger partial charge in [0.05, 0.1) is 6.26 Å². The molecule has 1 aromatic rings. The third-order valence-corrected chi connectivity index (χ3v) is 2.89. The van der Waals surface area contributed by atoms with Crippen molar-refractivity contribution >= 4 is 5.91 Å². The molecule has 82 valence electrons. The van der Waals surface area contributed by atoms with E-state index in [0.29, 0.717) is 11.8 Å². The molecule has 0 unspecified atom stereocenters. The molecule has 1 fully saturated rings. The highest BCUT2D eigenvalue weighted by Crippen LogP contribution is 2.18. The van der Waals surface area contributed by atoms with Crippen LogP contribution >= 0.6 is 0 Å². The van der Waals surface area contributed by atoms with Crippen LogP contribution in [0.3, 0.4) is 0 Å². The molecule has 1 aliphatic rings. The minimum absolute atomic E-state index is 0.0741. The van der Waals surface area contributed by atoms with Crippen LogP contribution in [0.1, 0.15) is 48.2 Å². The molecule has 0 aromatic carbocycles. The number of carbonyl (C=O) groups is 1. The van der Waals surface area contributed by atoms with Crippen molar-refractivity contribution in [1.82, 2.24) is 5.32 Å². The van der Waals surface area contributed by atoms with Crippen LogP contribution < -0.4 is 5.32 Å². The number of aryl methyl sites for hydroxylation is 1. The summed E-state index contributed by atoms with van der Waals surface area (Å²) >= 11 is 0. The Hall–Kier alpha value is -1.25. The van der Waals surface area contributed by atoms with Gasteiger partial charge in [-0.1, -0.05) is 19.3 Å². The third-order valence-electron chi connectivity index (χ3n) is 2.89. The van der Waals surface area contributed by atoms with Crippen LogP contribution in [-0.2, 0) is 0 Å². The van der Waals surface area contributed by atoms with Crippen molar-refractivity contribution in [2.24, 2.45) is 0 Å². The molecule has 1 amide bonds. The van der Waals surface area contributed by atoms with Crippen molar-refractivity contribution in [2.75, 3.05) is 0 Å². The Labute approximate surface area is 89.9 Å². The summed E-state index contributed by atoms with van der Waals surface area (Å²) in [6, 6.07) is 2.12. The number of furan rings is 1. The van der Waals surface area contributed by atoms with Gasteiger partial charge in [0, 0.05) is 6.04 Å². The van der Waals surface area contributed by atoms with E-state index >= 15 is 0 Å². The Morgan fingerprint density at radius 3 is 2.73 bits per heavy atom. The van der Waals surface area contributed by atoms with Crippen molar-refractivity contribution in [1.29, 1.82) is 0 Å². The van der Waals surface area contributed by atoms with Gasteiger partial charge in [0.15, 0.2) is 5.76 Å². The van der Waals surface area contributed by atoms with E-state index < -0.39 is 0 Å². The molecular formula is C12H17NO2. The lowest BCUT2D eigenvalue weighted by Gasteiger charge is -2.22. The second-order valence-corrected chi connectivity index (χ2v) is 4.30. The van der Waals surface area contributed by atoms with E-state index in [1.165, 1.54) is 19.3 Å². The van der Waals surface area contributed by atoms with Crippen LogP contribution in [0, 0.1) is 6.92 Å². The summed E-state index contributed by atoms with van der Waals surface area (Å²) in [5.41, 5.74) is 0.990. The standard InChI is InChI=1S/C12H17NO2/c1-9-7-11(15-8-9)12(14)13-10-5-3-2-4-6-10/h7-8,10H,2-6H2,1H3,(H,13,14). The van der Waals surface area contributed by atoms with Crippen LogP contribution in [0.25, 0.3) is 0 Å². The summed E-state index contributed by atoms with van der Waals surface area (Å²) in [5.74, 6) is 0.355. The maximum atomic E-state index is 11.7. The summed E-state index contributed by atoms with van der Waals surface area (Å²) in [6.45, 7) is 1.92. The van der Waals surface area contributed by atoms with Gasteiger partial charge in [0.2, 0.25) is 0 Å². The number of amides is 1. The van der Waals surface area contributed by atoms with E-state index in [1.807, 2.05) is 6.92 Å². The first kappa shape index (κ1) is 10.3. The summed E-state index contributed by atoms with van der Waals surface area (Å²) in [4.78, 5) is 11.7. The van der Waals surface area contributed by atoms with Crippen molar-refractivity contribution < 1.29 is 9.21 Å². The molecule has 1 aromatic heterocycles. The second kappa shape index (κ2) is 4.51. The van der Waals surface area contributed by atoms with Crippen LogP contribution in [0.4, 0.5) is 0 Å². The molecule has 3 heteroatoms. The highest BCUT2D eigenvalue weighted by atomic mass is 16.3. The highest BCUT2D eigenvalue weighted by Gasteiger charge is 2.18. The SMILES string of the molecule is Cc1coc(C(=O)NC2CCCCC2)c1. The Morgan fingerprint density at radius 2 is 2.13 bits per heavy atom. The number of carbonyl (C=O) groups excluding carboxylic acids is 1. The molecule has 1 N–H and O–H groups in total. The molecule has 0 bridgehead atoms. The zero-order valence-corrected chi connectivity index (χ0v) is 9.08. The van der Waals surface area contributed by atoms with Gasteiger partial charge >= 0.3 is 0 Å². The fourth-order valence-electron chi connectivity index (χ4n) is 2.05. The Bertz CT molecular complexity index is 337. The van der Waals surface area contributed by atoms with Gasteiger partial charge in [0.25, 0.3) is 5.91 Å². The van der Waals surface area contributed by atoms with Gasteiger partial charge < -0.3 is 9.73 Å². The van der Waals surface area contributed by atoms with Crippen molar-refractivity contribution in [3.8, 4) is 0 Å². The molecule has 0 radical (unpaired) electrons. The van der Waals surface area contributed by atoms with Gasteiger partial charge in [-0.3, -0.25) is 4.79 Å². The first-order valence-electron chi connectivity index (χ1n) is 5.62. The minimum Gasteiger partial charge on any atom is -0.459 e. The second-order valence-electron chi connectivity index (χ2n) is 4.30. The lowest BCUT2D eigenvalue weighted by molar-refractivity contribution is 0.0899. The van der Waals surface area contributed by atoms with Gasteiger partial charge in [-0.2, -0.15) is 0 Å². The van der Waals surface area contributed by atoms with Crippen LogP contribution in [0.2, 0.25) is 0 Å². The number of rotatable bonds is 2. The predicted molar refractivity (Wildman–Crippen MR) is 57.8 cm³/mol. The van der Waals surface area contributed by atoms with Crippen LogP contribution in [0.5, 0.6) is 0 Å². The molecule has 15 heavy (non-hydrogen) atoms. The number of hydrogen-bond acceptors (Lipinski definition) is 2. The van der Waals surface area contributed by atoms with Crippen LogP contribution in [0.15, 0.2) is 16.7 Å². The zero-order valence-electron chi connectivity index (χ0n) is 9.08. The van der Waals surface area contributed by atoms with E-state index in [-0.39, 0.29) is 5.91 Å². The molecule has 0 aliphatic heterocycles. The molecule has 0 atom stereocenters. The summed E-state index contributed by atoms with van der Waals surface area (Å²) in [6.07, 6.45) is 7.56. The monoisotopic (exact) mass is 207 g/mol. The lowest BCUT2D eigenvalue weighted by atomic mass is 9.95. The Kier molecular flexibility index (Phi) is 3.09. The normalized spacial score (nSPS) is 17.7. The lowest BCUT2D eigenvalue weighted by Crippen LogP contribution is -2.35. The Balaban J connectivity index is 1.91. The first-order valence-corrected chi connectivity index (χ1v) is 5.62. The molecule has 2 rings (SSSR count). The number of nitrogens with one attached hydrogen (secondary N) is 1. The van der Waals surface area contributed by atoms with E-state index in [1.54, 1.807) is 12.3 Å². The van der Waals surface area contributed by atoms with E-state index in [2.05, 4.69) is 5.32 Å². The third kappa shape index (κ3) is 2.61. The molecule has 1 saturated carbocycles. The molecular weight excluding hydrogens is 190 g/mol. The van der Waals surface area contributed by atoms with E-state index in [4.69, 9.17) is 4.42 Å². The fourth-order valence-corrected chi connectivity index (χ4v) is 2.05. The average Bonchev–Trinajstić information content (AvgIpc) is 2.66. The summed E-state index contributed by atoms with van der Waals surface area (Å²) in [7, 11) is 0. The molecule has 1 aliphatic carbocycles. The summed E-state index contributed by atoms with van der Waals surface area (Å²) in [5, 5.41) is 3.02. The fraction of sp³-hybridized carbons (Fsp3) is 0.583. The van der Waals surface area contributed by atoms with Gasteiger partial charge in [-0.05, 0) is 31.4 Å². The van der Waals surface area contributed by atoms with Gasteiger partial charge in [0.1, 0.15) is 0 Å². The number of hydrogen-bond donors (Lipinski definition) is 1. The maximum absolute atomic E-state index is 11.7. The van der Waals surface area contributed by atoms with Gasteiger partial charge in [-0.15, -0.1) is 0 Å². The van der Waals surface area contributed by atoms with Crippen molar-refractivity contribution in [3.05, 3.63) is 23.7 Å². The van der Waals surface area contributed by atoms with E-state index in [9.17, 15) is 4.79 Å². The first-order chi connectivity index (χ1) is 7.25. The molecule has 0 spiro atoms. The molecule has 1 heterocycles. The van der Waals surface area contributed by atoms with E-state index in [0.717, 1.165) is 18.4 Å². The Morgan fingerprint density at radius 1 is 1.40 bits per heavy atom. The molecule has 3 nitrogen and oxygen atoms in total. The minimum atomic E-state index is -0.0741. The van der Waals surface area contributed by atoms with Crippen molar-refractivity contribution in [3.63, 3.8) is 0 Å². The van der Waals surface area contributed by atoms with Crippen molar-refractivity contribution in [2.45, 2.75) is 45.1 Å². The summed E-state index contributed by atoms with van der Waals surface area (Å²) < 4.78 is 5.16. The maximum Gasteiger partial charge on any atom is 0.287 e. The largest absolute Gasteiger partial charge is 0.459 e. The highest BCUT2D eigenvalue weighted by molar-refractivity contribution is 5.91. The predicted octanol–water partition coefficient (Wildman–Crippen LogP) is 2.65. The molecule has 0 saturated heterocycles. The average molecular weight is 207 g/mol. The van der Waals surface area contributed by atoms with Gasteiger partial charge in [-0.25, -0.2) is 0 Å². The topological polar surface area (TPSA) is 42.2 Å². The zero-order chi connectivity index (χ0) is 10.7. The van der Waals surface area contributed by atoms with Crippen LogP contribution in [-0.4, -0.2) is 11.9 Å².